The first kappa shape index (κ1) is 16.8. The third-order valence-corrected chi connectivity index (χ3v) is 5.88. The molecule has 0 saturated carbocycles. The van der Waals surface area contributed by atoms with Gasteiger partial charge in [0.05, 0.1) is 13.2 Å². The standard InChI is InChI=1S/C26H19BO2/c1-2-9-19(10-3-1)24-21-12-6-7-13-22(21)26(27-28-16-17-29-27)23-15-14-18-8-4-5-11-20(18)25(23)24/h1-15H,16-17H2. The summed E-state index contributed by atoms with van der Waals surface area (Å²) in [4.78, 5) is 0. The maximum Gasteiger partial charge on any atom is 0.495 e. The highest BCUT2D eigenvalue weighted by atomic mass is 16.6. The van der Waals surface area contributed by atoms with Crippen molar-refractivity contribution in [3.8, 4) is 11.1 Å². The third-order valence-electron chi connectivity index (χ3n) is 5.88. The van der Waals surface area contributed by atoms with E-state index in [1.807, 2.05) is 0 Å². The van der Waals surface area contributed by atoms with Crippen LogP contribution in [-0.2, 0) is 9.31 Å². The second-order valence-corrected chi connectivity index (χ2v) is 7.48. The van der Waals surface area contributed by atoms with Crippen LogP contribution in [0.15, 0.2) is 91.0 Å². The second-order valence-electron chi connectivity index (χ2n) is 7.48. The molecule has 1 saturated heterocycles. The lowest BCUT2D eigenvalue weighted by molar-refractivity contribution is 0.365. The van der Waals surface area contributed by atoms with Gasteiger partial charge in [-0.1, -0.05) is 91.0 Å². The summed E-state index contributed by atoms with van der Waals surface area (Å²) in [6.45, 7) is 1.27. The molecule has 6 rings (SSSR count). The molecule has 29 heavy (non-hydrogen) atoms. The van der Waals surface area contributed by atoms with Gasteiger partial charge >= 0.3 is 7.12 Å². The summed E-state index contributed by atoms with van der Waals surface area (Å²) in [7, 11) is -0.326. The van der Waals surface area contributed by atoms with E-state index in [0.717, 1.165) is 5.46 Å². The minimum atomic E-state index is -0.326. The van der Waals surface area contributed by atoms with Crippen LogP contribution < -0.4 is 5.46 Å². The molecule has 1 fully saturated rings. The molecule has 0 atom stereocenters. The second kappa shape index (κ2) is 6.73. The lowest BCUT2D eigenvalue weighted by Gasteiger charge is -2.19. The van der Waals surface area contributed by atoms with Crippen LogP contribution in [0.4, 0.5) is 0 Å². The maximum atomic E-state index is 5.99. The van der Waals surface area contributed by atoms with Crippen molar-refractivity contribution < 1.29 is 9.31 Å². The quantitative estimate of drug-likeness (QED) is 0.229. The maximum absolute atomic E-state index is 5.99. The molecule has 0 aliphatic carbocycles. The average molecular weight is 374 g/mol. The SMILES string of the molecule is c1ccc(-c2c3ccccc3c(B3OCCO3)c3ccc4ccccc4c23)cc1. The molecular weight excluding hydrogens is 355 g/mol. The van der Waals surface area contributed by atoms with E-state index in [2.05, 4.69) is 91.0 Å². The highest BCUT2D eigenvalue weighted by Gasteiger charge is 2.31. The molecule has 0 N–H and O–H groups in total. The molecule has 0 spiro atoms. The van der Waals surface area contributed by atoms with Crippen LogP contribution in [0.5, 0.6) is 0 Å². The minimum Gasteiger partial charge on any atom is -0.405 e. The van der Waals surface area contributed by atoms with Gasteiger partial charge in [0.25, 0.3) is 0 Å². The number of fused-ring (bicyclic) bond motifs is 4. The molecular formula is C26H19BO2. The van der Waals surface area contributed by atoms with E-state index >= 15 is 0 Å². The van der Waals surface area contributed by atoms with Gasteiger partial charge in [-0.15, -0.1) is 0 Å². The Hall–Kier alpha value is -3.14. The van der Waals surface area contributed by atoms with Crippen LogP contribution in [0, 0.1) is 0 Å². The van der Waals surface area contributed by atoms with Crippen molar-refractivity contribution in [1.29, 1.82) is 0 Å². The predicted octanol–water partition coefficient (Wildman–Crippen LogP) is 5.56. The molecule has 5 aromatic carbocycles. The summed E-state index contributed by atoms with van der Waals surface area (Å²) in [5, 5.41) is 7.40. The summed E-state index contributed by atoms with van der Waals surface area (Å²) in [5.41, 5.74) is 3.64. The summed E-state index contributed by atoms with van der Waals surface area (Å²) >= 11 is 0. The lowest BCUT2D eigenvalue weighted by atomic mass is 9.71. The van der Waals surface area contributed by atoms with Crippen molar-refractivity contribution >= 4 is 44.9 Å². The third kappa shape index (κ3) is 2.59. The normalized spacial score (nSPS) is 14.3. The Morgan fingerprint density at radius 1 is 0.552 bits per heavy atom. The van der Waals surface area contributed by atoms with Crippen molar-refractivity contribution in [3.63, 3.8) is 0 Å². The van der Waals surface area contributed by atoms with Crippen LogP contribution in [0.3, 0.4) is 0 Å². The number of benzene rings is 5. The molecule has 1 aliphatic heterocycles. The summed E-state index contributed by atoms with van der Waals surface area (Å²) < 4.78 is 12.0. The first-order chi connectivity index (χ1) is 14.4. The first-order valence-corrected chi connectivity index (χ1v) is 10.1. The Labute approximate surface area is 169 Å². The summed E-state index contributed by atoms with van der Waals surface area (Å²) in [5.74, 6) is 0. The highest BCUT2D eigenvalue weighted by Crippen LogP contribution is 2.39. The predicted molar refractivity (Wildman–Crippen MR) is 122 cm³/mol. The van der Waals surface area contributed by atoms with E-state index in [0.29, 0.717) is 13.2 Å². The molecule has 0 bridgehead atoms. The van der Waals surface area contributed by atoms with Crippen LogP contribution in [0.25, 0.3) is 43.4 Å². The molecule has 5 aromatic rings. The van der Waals surface area contributed by atoms with Crippen LogP contribution >= 0.6 is 0 Å². The van der Waals surface area contributed by atoms with E-state index in [-0.39, 0.29) is 7.12 Å². The molecule has 0 unspecified atom stereocenters. The van der Waals surface area contributed by atoms with Crippen LogP contribution in [0.1, 0.15) is 0 Å². The Bertz CT molecular complexity index is 1360. The van der Waals surface area contributed by atoms with E-state index in [1.165, 1.54) is 43.4 Å². The van der Waals surface area contributed by atoms with Crippen molar-refractivity contribution in [3.05, 3.63) is 91.0 Å². The summed E-state index contributed by atoms with van der Waals surface area (Å²) in [6, 6.07) is 32.4. The topological polar surface area (TPSA) is 18.5 Å². The molecule has 0 aromatic heterocycles. The Morgan fingerprint density at radius 3 is 2.00 bits per heavy atom. The van der Waals surface area contributed by atoms with Gasteiger partial charge < -0.3 is 9.31 Å². The van der Waals surface area contributed by atoms with Gasteiger partial charge in [0.15, 0.2) is 0 Å². The van der Waals surface area contributed by atoms with Crippen molar-refractivity contribution in [2.75, 3.05) is 13.2 Å². The van der Waals surface area contributed by atoms with Crippen molar-refractivity contribution in [2.45, 2.75) is 0 Å². The van der Waals surface area contributed by atoms with Crippen molar-refractivity contribution in [1.82, 2.24) is 0 Å². The fraction of sp³-hybridized carbons (Fsp3) is 0.0769. The van der Waals surface area contributed by atoms with E-state index in [1.54, 1.807) is 0 Å². The van der Waals surface area contributed by atoms with Crippen LogP contribution in [-0.4, -0.2) is 20.3 Å². The zero-order valence-corrected chi connectivity index (χ0v) is 16.0. The Balaban J connectivity index is 1.89. The molecule has 3 heteroatoms. The molecule has 0 radical (unpaired) electrons. The molecule has 0 amide bonds. The van der Waals surface area contributed by atoms with Crippen LogP contribution in [0.2, 0.25) is 0 Å². The van der Waals surface area contributed by atoms with Gasteiger partial charge in [-0.05, 0) is 48.9 Å². The number of rotatable bonds is 2. The van der Waals surface area contributed by atoms with Gasteiger partial charge in [0.1, 0.15) is 0 Å². The van der Waals surface area contributed by atoms with E-state index in [4.69, 9.17) is 9.31 Å². The van der Waals surface area contributed by atoms with Gasteiger partial charge in [0.2, 0.25) is 0 Å². The largest absolute Gasteiger partial charge is 0.495 e. The highest BCUT2D eigenvalue weighted by molar-refractivity contribution is 6.68. The summed E-state index contributed by atoms with van der Waals surface area (Å²) in [6.07, 6.45) is 0. The molecule has 1 aliphatic rings. The van der Waals surface area contributed by atoms with Crippen molar-refractivity contribution in [2.24, 2.45) is 0 Å². The average Bonchev–Trinajstić information content (AvgIpc) is 3.32. The van der Waals surface area contributed by atoms with Gasteiger partial charge in [-0.2, -0.15) is 0 Å². The smallest absolute Gasteiger partial charge is 0.405 e. The zero-order chi connectivity index (χ0) is 19.2. The Morgan fingerprint density at radius 2 is 1.21 bits per heavy atom. The Kier molecular flexibility index (Phi) is 3.90. The van der Waals surface area contributed by atoms with Gasteiger partial charge in [0, 0.05) is 0 Å². The number of hydrogen-bond donors (Lipinski definition) is 0. The molecule has 1 heterocycles. The van der Waals surface area contributed by atoms with E-state index < -0.39 is 0 Å². The minimum absolute atomic E-state index is 0.326. The fourth-order valence-corrected chi connectivity index (χ4v) is 4.66. The molecule has 2 nitrogen and oxygen atoms in total. The number of hydrogen-bond acceptors (Lipinski definition) is 2. The van der Waals surface area contributed by atoms with Gasteiger partial charge in [-0.25, -0.2) is 0 Å². The monoisotopic (exact) mass is 374 g/mol. The van der Waals surface area contributed by atoms with E-state index in [9.17, 15) is 0 Å². The molecule has 138 valence electrons. The van der Waals surface area contributed by atoms with Gasteiger partial charge in [-0.3, -0.25) is 0 Å². The zero-order valence-electron chi connectivity index (χ0n) is 16.0. The first-order valence-electron chi connectivity index (χ1n) is 10.1. The lowest BCUT2D eigenvalue weighted by Crippen LogP contribution is -2.33. The fourth-order valence-electron chi connectivity index (χ4n) is 4.66.